The number of carbonyl (C=O) groups excluding carboxylic acids is 2. The lowest BCUT2D eigenvalue weighted by atomic mass is 9.44. The fourth-order valence-electron chi connectivity index (χ4n) is 3.93. The normalized spacial score (nSPS) is 29.9. The van der Waals surface area contributed by atoms with Crippen LogP contribution in [0.3, 0.4) is 0 Å². The molecule has 2 N–H and O–H groups in total. The summed E-state index contributed by atoms with van der Waals surface area (Å²) in [7, 11) is 0. The maximum Gasteiger partial charge on any atom is 0.586 e. The minimum Gasteiger partial charge on any atom is -0.484 e. The SMILES string of the molecule is CC(=O)NC12CC(NC(=O)COc3ccc4c(c3)OC(F)(F)O4)(C1)C2. The van der Waals surface area contributed by atoms with Crippen LogP contribution in [0, 0.1) is 0 Å². The van der Waals surface area contributed by atoms with Gasteiger partial charge in [0, 0.05) is 24.1 Å². The summed E-state index contributed by atoms with van der Waals surface area (Å²) < 4.78 is 39.8. The second-order valence-electron chi connectivity index (χ2n) is 6.89. The van der Waals surface area contributed by atoms with Crippen LogP contribution in [0.5, 0.6) is 17.2 Å². The van der Waals surface area contributed by atoms with E-state index in [1.165, 1.54) is 25.1 Å². The lowest BCUT2D eigenvalue weighted by Gasteiger charge is -2.70. The molecule has 4 aliphatic rings. The van der Waals surface area contributed by atoms with E-state index in [1.807, 2.05) is 0 Å². The minimum absolute atomic E-state index is 0.0728. The maximum absolute atomic E-state index is 13.0. The number of hydrogen-bond donors (Lipinski definition) is 2. The molecule has 7 nitrogen and oxygen atoms in total. The lowest BCUT2D eigenvalue weighted by Crippen LogP contribution is -2.83. The van der Waals surface area contributed by atoms with Crippen molar-refractivity contribution in [1.82, 2.24) is 10.6 Å². The summed E-state index contributed by atoms with van der Waals surface area (Å²) in [6.45, 7) is 1.23. The Morgan fingerprint density at radius 2 is 1.76 bits per heavy atom. The van der Waals surface area contributed by atoms with Crippen LogP contribution < -0.4 is 24.8 Å². The quantitative estimate of drug-likeness (QED) is 0.833. The molecule has 25 heavy (non-hydrogen) atoms. The number of alkyl halides is 2. The van der Waals surface area contributed by atoms with Gasteiger partial charge in [-0.2, -0.15) is 0 Å². The average Bonchev–Trinajstić information content (AvgIpc) is 2.74. The number of fused-ring (bicyclic) bond motifs is 1. The van der Waals surface area contributed by atoms with Crippen LogP contribution in [0.2, 0.25) is 0 Å². The molecule has 3 fully saturated rings. The van der Waals surface area contributed by atoms with Crippen molar-refractivity contribution in [2.45, 2.75) is 43.6 Å². The molecule has 0 atom stereocenters. The molecule has 0 aromatic heterocycles. The molecule has 134 valence electrons. The molecule has 0 unspecified atom stereocenters. The lowest BCUT2D eigenvalue weighted by molar-refractivity contribution is -0.286. The topological polar surface area (TPSA) is 85.9 Å². The third-order valence-electron chi connectivity index (χ3n) is 4.62. The van der Waals surface area contributed by atoms with E-state index in [1.54, 1.807) is 0 Å². The molecule has 1 aromatic carbocycles. The maximum atomic E-state index is 13.0. The van der Waals surface area contributed by atoms with Gasteiger partial charge in [0.15, 0.2) is 18.1 Å². The molecule has 3 saturated carbocycles. The van der Waals surface area contributed by atoms with Crippen molar-refractivity contribution >= 4 is 11.8 Å². The fourth-order valence-corrected chi connectivity index (χ4v) is 3.93. The summed E-state index contributed by atoms with van der Waals surface area (Å²) in [5.41, 5.74) is -0.428. The van der Waals surface area contributed by atoms with E-state index in [9.17, 15) is 18.4 Å². The highest BCUT2D eigenvalue weighted by molar-refractivity contribution is 5.80. The van der Waals surface area contributed by atoms with Gasteiger partial charge in [-0.1, -0.05) is 0 Å². The molecule has 5 rings (SSSR count). The first-order valence-electron chi connectivity index (χ1n) is 7.81. The molecule has 2 bridgehead atoms. The molecule has 1 heterocycles. The van der Waals surface area contributed by atoms with Gasteiger partial charge in [0.2, 0.25) is 5.91 Å². The van der Waals surface area contributed by atoms with Crippen molar-refractivity contribution in [3.63, 3.8) is 0 Å². The van der Waals surface area contributed by atoms with E-state index in [4.69, 9.17) is 4.74 Å². The van der Waals surface area contributed by atoms with Crippen molar-refractivity contribution in [3.05, 3.63) is 18.2 Å². The van der Waals surface area contributed by atoms with Crippen LogP contribution in [0.15, 0.2) is 18.2 Å². The smallest absolute Gasteiger partial charge is 0.484 e. The fraction of sp³-hybridized carbons (Fsp3) is 0.500. The number of benzene rings is 1. The first-order valence-corrected chi connectivity index (χ1v) is 7.81. The van der Waals surface area contributed by atoms with Crippen molar-refractivity contribution < 1.29 is 32.6 Å². The number of carbonyl (C=O) groups is 2. The summed E-state index contributed by atoms with van der Waals surface area (Å²) in [5.74, 6) is -0.378. The number of amides is 2. The number of hydrogen-bond acceptors (Lipinski definition) is 5. The Bertz CT molecular complexity index is 747. The highest BCUT2D eigenvalue weighted by Crippen LogP contribution is 2.60. The molecular weight excluding hydrogens is 338 g/mol. The summed E-state index contributed by atoms with van der Waals surface area (Å²) in [6.07, 6.45) is -1.55. The minimum atomic E-state index is -3.69. The van der Waals surface area contributed by atoms with E-state index >= 15 is 0 Å². The van der Waals surface area contributed by atoms with E-state index in [2.05, 4.69) is 20.1 Å². The Morgan fingerprint density at radius 3 is 2.44 bits per heavy atom. The molecule has 1 aromatic rings. The zero-order chi connectivity index (χ0) is 17.9. The van der Waals surface area contributed by atoms with E-state index in [0.29, 0.717) is 19.3 Å². The highest BCUT2D eigenvalue weighted by atomic mass is 19.3. The molecule has 0 spiro atoms. The largest absolute Gasteiger partial charge is 0.586 e. The van der Waals surface area contributed by atoms with Crippen molar-refractivity contribution in [2.24, 2.45) is 0 Å². The first-order chi connectivity index (χ1) is 11.7. The van der Waals surface area contributed by atoms with Crippen LogP contribution >= 0.6 is 0 Å². The van der Waals surface area contributed by atoms with Gasteiger partial charge in [0.05, 0.1) is 0 Å². The highest BCUT2D eigenvalue weighted by Gasteiger charge is 2.69. The molecule has 2 amide bonds. The number of ether oxygens (including phenoxy) is 3. The Kier molecular flexibility index (Phi) is 3.16. The molecule has 3 aliphatic carbocycles. The van der Waals surface area contributed by atoms with Gasteiger partial charge in [-0.05, 0) is 31.4 Å². The van der Waals surface area contributed by atoms with Crippen molar-refractivity contribution in [1.29, 1.82) is 0 Å². The number of nitrogens with one attached hydrogen (secondary N) is 2. The van der Waals surface area contributed by atoms with Gasteiger partial charge in [-0.25, -0.2) is 0 Å². The van der Waals surface area contributed by atoms with Crippen LogP contribution in [0.1, 0.15) is 26.2 Å². The molecule has 9 heteroatoms. The Labute approximate surface area is 141 Å². The summed E-state index contributed by atoms with van der Waals surface area (Å²) in [5, 5.41) is 5.80. The average molecular weight is 354 g/mol. The first kappa shape index (κ1) is 15.9. The number of halogens is 2. The third-order valence-corrected chi connectivity index (χ3v) is 4.62. The summed E-state index contributed by atoms with van der Waals surface area (Å²) in [4.78, 5) is 23.1. The second-order valence-corrected chi connectivity index (χ2v) is 6.89. The van der Waals surface area contributed by atoms with Gasteiger partial charge in [-0.3, -0.25) is 9.59 Å². The summed E-state index contributed by atoms with van der Waals surface area (Å²) >= 11 is 0. The number of rotatable bonds is 5. The molecule has 1 aliphatic heterocycles. The molecule has 0 radical (unpaired) electrons. The van der Waals surface area contributed by atoms with Crippen LogP contribution in [0.25, 0.3) is 0 Å². The van der Waals surface area contributed by atoms with Gasteiger partial charge in [0.25, 0.3) is 5.91 Å². The van der Waals surface area contributed by atoms with Gasteiger partial charge >= 0.3 is 6.29 Å². The zero-order valence-electron chi connectivity index (χ0n) is 13.4. The predicted octanol–water partition coefficient (Wildman–Crippen LogP) is 1.31. The molecule has 0 saturated heterocycles. The van der Waals surface area contributed by atoms with Gasteiger partial charge in [-0.15, -0.1) is 8.78 Å². The molecular formula is C16H16F2N2O5. The van der Waals surface area contributed by atoms with Crippen LogP contribution in [-0.2, 0) is 9.59 Å². The van der Waals surface area contributed by atoms with Gasteiger partial charge < -0.3 is 24.8 Å². The third kappa shape index (κ3) is 2.83. The van der Waals surface area contributed by atoms with E-state index < -0.39 is 6.29 Å². The van der Waals surface area contributed by atoms with Gasteiger partial charge in [0.1, 0.15) is 5.75 Å². The Hall–Kier alpha value is -2.58. The van der Waals surface area contributed by atoms with Crippen molar-refractivity contribution in [2.75, 3.05) is 6.61 Å². The zero-order valence-corrected chi connectivity index (χ0v) is 13.4. The van der Waals surface area contributed by atoms with E-state index in [-0.39, 0.29) is 46.7 Å². The van der Waals surface area contributed by atoms with Crippen molar-refractivity contribution in [3.8, 4) is 17.2 Å². The van der Waals surface area contributed by atoms with Crippen LogP contribution in [-0.4, -0.2) is 35.8 Å². The monoisotopic (exact) mass is 354 g/mol. The Morgan fingerprint density at radius 1 is 1.12 bits per heavy atom. The van der Waals surface area contributed by atoms with Crippen LogP contribution in [0.4, 0.5) is 8.78 Å². The van der Waals surface area contributed by atoms with E-state index in [0.717, 1.165) is 0 Å². The second kappa shape index (κ2) is 4.96. The summed E-state index contributed by atoms with van der Waals surface area (Å²) in [6, 6.07) is 3.96. The Balaban J connectivity index is 1.26. The predicted molar refractivity (Wildman–Crippen MR) is 79.4 cm³/mol. The standard InChI is InChI=1S/C16H16F2N2O5/c1-9(21)19-14-6-15(7-14,8-14)20-13(22)5-23-10-2-3-11-12(4-10)25-16(17,18)24-11/h2-4H,5-8H2,1H3,(H,19,21)(H,20,22).